The van der Waals surface area contributed by atoms with Crippen LogP contribution in [0.15, 0.2) is 0 Å². The van der Waals surface area contributed by atoms with E-state index in [1.54, 1.807) is 20.8 Å². The summed E-state index contributed by atoms with van der Waals surface area (Å²) >= 11 is 0. The van der Waals surface area contributed by atoms with Crippen LogP contribution in [-0.2, 0) is 4.74 Å². The summed E-state index contributed by atoms with van der Waals surface area (Å²) in [6.45, 7) is 4.60. The molecule has 1 aliphatic heterocycles. The number of piperidine rings is 1. The Morgan fingerprint density at radius 3 is 2.50 bits per heavy atom. The second-order valence-electron chi connectivity index (χ2n) is 4.95. The highest BCUT2D eigenvalue weighted by Gasteiger charge is 2.44. The van der Waals surface area contributed by atoms with Crippen LogP contribution >= 0.6 is 0 Å². The molecule has 0 aliphatic carbocycles. The molecule has 1 amide bonds. The molecule has 0 aromatic carbocycles. The van der Waals surface area contributed by atoms with Crippen LogP contribution in [0, 0.1) is 0 Å². The van der Waals surface area contributed by atoms with Crippen molar-refractivity contribution < 1.29 is 23.4 Å². The number of β-amino-alcohol motifs (C(OH)–C–C–N with tert-alkyl or cyclic N) is 1. The van der Waals surface area contributed by atoms with Crippen molar-refractivity contribution in [1.82, 2.24) is 4.90 Å². The summed E-state index contributed by atoms with van der Waals surface area (Å²) in [6.07, 6.45) is -3.01. The first-order chi connectivity index (χ1) is 7.12. The third-order valence-electron chi connectivity index (χ3n) is 2.25. The first-order valence-corrected chi connectivity index (χ1v) is 5.16. The number of ether oxygens (including phenoxy) is 1. The highest BCUT2D eigenvalue weighted by molar-refractivity contribution is 5.68. The molecule has 1 heterocycles. The van der Waals surface area contributed by atoms with Gasteiger partial charge in [-0.25, -0.2) is 13.6 Å². The molecular weight excluding hydrogens is 220 g/mol. The number of likely N-dealkylation sites (tertiary alicyclic amines) is 1. The minimum absolute atomic E-state index is 0.0982. The highest BCUT2D eigenvalue weighted by atomic mass is 19.3. The van der Waals surface area contributed by atoms with Crippen LogP contribution in [-0.4, -0.2) is 46.8 Å². The van der Waals surface area contributed by atoms with Crippen LogP contribution in [0.1, 0.15) is 27.2 Å². The number of amides is 1. The number of hydrogen-bond acceptors (Lipinski definition) is 3. The van der Waals surface area contributed by atoms with E-state index in [2.05, 4.69) is 0 Å². The molecule has 0 unspecified atom stereocenters. The fourth-order valence-corrected chi connectivity index (χ4v) is 1.38. The number of nitrogens with zero attached hydrogens (tertiary/aromatic N) is 1. The Balaban J connectivity index is 2.55. The zero-order valence-corrected chi connectivity index (χ0v) is 9.67. The van der Waals surface area contributed by atoms with Crippen molar-refractivity contribution >= 4 is 6.09 Å². The summed E-state index contributed by atoms with van der Waals surface area (Å²) in [5.41, 5.74) is -0.665. The zero-order valence-electron chi connectivity index (χ0n) is 9.67. The normalized spacial score (nSPS) is 25.4. The Bertz CT molecular complexity index is 276. The van der Waals surface area contributed by atoms with Crippen LogP contribution in [0.2, 0.25) is 0 Å². The van der Waals surface area contributed by atoms with Crippen LogP contribution in [0.25, 0.3) is 0 Å². The van der Waals surface area contributed by atoms with E-state index in [4.69, 9.17) is 9.84 Å². The smallest absolute Gasteiger partial charge is 0.410 e. The van der Waals surface area contributed by atoms with Crippen molar-refractivity contribution in [3.05, 3.63) is 0 Å². The number of alkyl halides is 2. The Kier molecular flexibility index (Phi) is 3.42. The second-order valence-corrected chi connectivity index (χ2v) is 4.95. The predicted octanol–water partition coefficient (Wildman–Crippen LogP) is 1.62. The molecule has 6 heteroatoms. The molecule has 0 spiro atoms. The van der Waals surface area contributed by atoms with Gasteiger partial charge in [-0.15, -0.1) is 0 Å². The average molecular weight is 237 g/mol. The summed E-state index contributed by atoms with van der Waals surface area (Å²) in [7, 11) is 0. The van der Waals surface area contributed by atoms with Crippen molar-refractivity contribution in [3.8, 4) is 0 Å². The lowest BCUT2D eigenvalue weighted by Gasteiger charge is -2.36. The topological polar surface area (TPSA) is 49.8 Å². The van der Waals surface area contributed by atoms with Crippen molar-refractivity contribution in [2.75, 3.05) is 13.1 Å². The largest absolute Gasteiger partial charge is 0.444 e. The van der Waals surface area contributed by atoms with E-state index in [9.17, 15) is 13.6 Å². The third-order valence-corrected chi connectivity index (χ3v) is 2.25. The summed E-state index contributed by atoms with van der Waals surface area (Å²) in [5, 5.41) is 9.16. The highest BCUT2D eigenvalue weighted by Crippen LogP contribution is 2.28. The molecule has 0 aromatic heterocycles. The standard InChI is InChI=1S/C10H17F2NO3/c1-9(2,3)16-8(15)13-5-4-10(11,12)7(14)6-13/h7,14H,4-6H2,1-3H3/t7-/m1/s1. The van der Waals surface area contributed by atoms with Gasteiger partial charge in [-0.2, -0.15) is 0 Å². The van der Waals surface area contributed by atoms with E-state index >= 15 is 0 Å². The van der Waals surface area contributed by atoms with Gasteiger partial charge in [0.05, 0.1) is 6.54 Å². The maximum Gasteiger partial charge on any atom is 0.410 e. The number of carbonyl (C=O) groups excluding carboxylic acids is 1. The Morgan fingerprint density at radius 1 is 1.50 bits per heavy atom. The van der Waals surface area contributed by atoms with Gasteiger partial charge in [0.2, 0.25) is 0 Å². The van der Waals surface area contributed by atoms with Gasteiger partial charge >= 0.3 is 6.09 Å². The van der Waals surface area contributed by atoms with E-state index in [-0.39, 0.29) is 13.1 Å². The molecule has 16 heavy (non-hydrogen) atoms. The maximum atomic E-state index is 12.9. The van der Waals surface area contributed by atoms with Crippen molar-refractivity contribution in [2.24, 2.45) is 0 Å². The molecule has 0 radical (unpaired) electrons. The van der Waals surface area contributed by atoms with E-state index in [1.807, 2.05) is 0 Å². The molecule has 1 rings (SSSR count). The molecule has 1 fully saturated rings. The molecule has 1 N–H and O–H groups in total. The molecule has 0 aromatic rings. The van der Waals surface area contributed by atoms with E-state index in [1.165, 1.54) is 0 Å². The fraction of sp³-hybridized carbons (Fsp3) is 0.900. The second kappa shape index (κ2) is 4.16. The van der Waals surface area contributed by atoms with Gasteiger partial charge < -0.3 is 14.7 Å². The third kappa shape index (κ3) is 3.30. The van der Waals surface area contributed by atoms with E-state index in [0.717, 1.165) is 4.90 Å². The molecule has 1 atom stereocenters. The number of aliphatic hydroxyl groups excluding tert-OH is 1. The molecule has 1 saturated heterocycles. The van der Waals surface area contributed by atoms with E-state index < -0.39 is 30.1 Å². The minimum Gasteiger partial charge on any atom is -0.444 e. The van der Waals surface area contributed by atoms with Crippen LogP contribution in [0.5, 0.6) is 0 Å². The molecule has 0 saturated carbocycles. The SMILES string of the molecule is CC(C)(C)OC(=O)N1CCC(F)(F)[C@H](O)C1. The monoisotopic (exact) mass is 237 g/mol. The lowest BCUT2D eigenvalue weighted by molar-refractivity contribution is -0.145. The first-order valence-electron chi connectivity index (χ1n) is 5.16. The molecular formula is C10H17F2NO3. The molecule has 4 nitrogen and oxygen atoms in total. The van der Waals surface area contributed by atoms with Gasteiger partial charge in [0, 0.05) is 13.0 Å². The summed E-state index contributed by atoms with van der Waals surface area (Å²) in [4.78, 5) is 12.6. The summed E-state index contributed by atoms with van der Waals surface area (Å²) in [6, 6.07) is 0. The number of hydrogen-bond donors (Lipinski definition) is 1. The van der Waals surface area contributed by atoms with Crippen molar-refractivity contribution in [1.29, 1.82) is 0 Å². The lowest BCUT2D eigenvalue weighted by Crippen LogP contribution is -2.53. The zero-order chi connectivity index (χ0) is 12.6. The number of carbonyl (C=O) groups is 1. The van der Waals surface area contributed by atoms with Gasteiger partial charge in [-0.3, -0.25) is 0 Å². The fourth-order valence-electron chi connectivity index (χ4n) is 1.38. The minimum atomic E-state index is -3.11. The van der Waals surface area contributed by atoms with Gasteiger partial charge in [0.15, 0.2) is 0 Å². The van der Waals surface area contributed by atoms with Crippen LogP contribution in [0.4, 0.5) is 13.6 Å². The maximum absolute atomic E-state index is 12.9. The lowest BCUT2D eigenvalue weighted by atomic mass is 10.0. The molecule has 1 aliphatic rings. The van der Waals surface area contributed by atoms with Gasteiger partial charge in [-0.1, -0.05) is 0 Å². The Morgan fingerprint density at radius 2 is 2.06 bits per heavy atom. The van der Waals surface area contributed by atoms with Crippen LogP contribution < -0.4 is 0 Å². The summed E-state index contributed by atoms with van der Waals surface area (Å²) < 4.78 is 30.9. The Labute approximate surface area is 93.2 Å². The summed E-state index contributed by atoms with van der Waals surface area (Å²) in [5.74, 6) is -3.11. The average Bonchev–Trinajstić information content (AvgIpc) is 2.06. The van der Waals surface area contributed by atoms with Crippen molar-refractivity contribution in [2.45, 2.75) is 44.8 Å². The quantitative estimate of drug-likeness (QED) is 0.696. The molecule has 94 valence electrons. The number of rotatable bonds is 0. The predicted molar refractivity (Wildman–Crippen MR) is 53.4 cm³/mol. The van der Waals surface area contributed by atoms with Gasteiger partial charge in [0.1, 0.15) is 11.7 Å². The van der Waals surface area contributed by atoms with Gasteiger partial charge in [0.25, 0.3) is 5.92 Å². The number of halogens is 2. The number of aliphatic hydroxyl groups is 1. The van der Waals surface area contributed by atoms with Crippen molar-refractivity contribution in [3.63, 3.8) is 0 Å². The first kappa shape index (κ1) is 13.2. The molecule has 0 bridgehead atoms. The van der Waals surface area contributed by atoms with E-state index in [0.29, 0.717) is 0 Å². The van der Waals surface area contributed by atoms with Crippen LogP contribution in [0.3, 0.4) is 0 Å². The Hall–Kier alpha value is -0.910. The van der Waals surface area contributed by atoms with Gasteiger partial charge in [-0.05, 0) is 20.8 Å².